The predicted molar refractivity (Wildman–Crippen MR) is 52.8 cm³/mol. The number of rotatable bonds is 3. The summed E-state index contributed by atoms with van der Waals surface area (Å²) in [6.45, 7) is 2.03. The summed E-state index contributed by atoms with van der Waals surface area (Å²) in [6, 6.07) is 1.11. The molecule has 0 saturated heterocycles. The summed E-state index contributed by atoms with van der Waals surface area (Å²) < 4.78 is 4.94. The maximum Gasteiger partial charge on any atom is 0.291 e. The fourth-order valence-electron chi connectivity index (χ4n) is 1.02. The smallest absolute Gasteiger partial charge is 0.291 e. The molecule has 0 aliphatic heterocycles. The molecule has 4 N–H and O–H groups in total. The first-order valence-corrected chi connectivity index (χ1v) is 4.38. The summed E-state index contributed by atoms with van der Waals surface area (Å²) in [7, 11) is 0. The molecule has 1 amide bonds. The molecule has 6 nitrogen and oxygen atoms in total. The minimum atomic E-state index is -0.685. The zero-order valence-electron chi connectivity index (χ0n) is 8.59. The topological polar surface area (TPSA) is 106 Å². The Hall–Kier alpha value is -0.495. The van der Waals surface area contributed by atoms with Gasteiger partial charge in [0.1, 0.15) is 5.76 Å². The second-order valence-corrected chi connectivity index (χ2v) is 2.94. The fraction of sp³-hybridized carbons (Fsp3) is 0.333. The van der Waals surface area contributed by atoms with Gasteiger partial charge in [-0.15, -0.1) is 0 Å². The fourth-order valence-corrected chi connectivity index (χ4v) is 1.02. The molecular formula is C9H12GdN2O4. The summed E-state index contributed by atoms with van der Waals surface area (Å²) >= 11 is 0. The van der Waals surface area contributed by atoms with Crippen LogP contribution in [0.4, 0.5) is 0 Å². The van der Waals surface area contributed by atoms with Gasteiger partial charge in [-0.3, -0.25) is 9.59 Å². The van der Waals surface area contributed by atoms with Crippen LogP contribution in [0.25, 0.3) is 0 Å². The Labute approximate surface area is 124 Å². The Morgan fingerprint density at radius 3 is 2.81 bits per heavy atom. The molecule has 1 aromatic rings. The van der Waals surface area contributed by atoms with Gasteiger partial charge in [0.15, 0.2) is 0 Å². The van der Waals surface area contributed by atoms with Crippen molar-refractivity contribution in [3.63, 3.8) is 0 Å². The van der Waals surface area contributed by atoms with Gasteiger partial charge in [-0.05, 0) is 6.92 Å². The van der Waals surface area contributed by atoms with Gasteiger partial charge in [-0.2, -0.15) is 0 Å². The Morgan fingerprint density at radius 1 is 1.62 bits per heavy atom. The first kappa shape index (κ1) is 15.5. The molecule has 90 valence electrons. The van der Waals surface area contributed by atoms with E-state index in [-0.39, 0.29) is 64.6 Å². The quantitative estimate of drug-likeness (QED) is 0.656. The molecule has 0 bridgehead atoms. The van der Waals surface area contributed by atoms with Crippen molar-refractivity contribution in [2.75, 3.05) is 13.1 Å². The van der Waals surface area contributed by atoms with Gasteiger partial charge < -0.3 is 20.6 Å². The molecule has 0 atom stereocenters. The second kappa shape index (κ2) is 6.95. The third kappa shape index (κ3) is 3.82. The van der Waals surface area contributed by atoms with Crippen LogP contribution < -0.4 is 16.5 Å². The molecule has 0 radical (unpaired) electrons. The largest absolute Gasteiger partial charge is 0.501 e. The first-order chi connectivity index (χ1) is 7.06. The summed E-state index contributed by atoms with van der Waals surface area (Å²) in [5.74, 6) is -1.46. The van der Waals surface area contributed by atoms with E-state index < -0.39 is 17.1 Å². The van der Waals surface area contributed by atoms with Crippen LogP contribution in [0.15, 0.2) is 15.3 Å². The molecule has 0 fully saturated rings. The van der Waals surface area contributed by atoms with Crippen molar-refractivity contribution >= 4 is 5.91 Å². The molecule has 0 aliphatic rings. The molecule has 0 saturated carbocycles. The van der Waals surface area contributed by atoms with E-state index in [9.17, 15) is 14.7 Å². The van der Waals surface area contributed by atoms with E-state index in [4.69, 9.17) is 10.2 Å². The maximum atomic E-state index is 11.4. The van der Waals surface area contributed by atoms with Gasteiger partial charge in [0, 0.05) is 59.1 Å². The standard InChI is InChI=1S/C9H12N2O4.Gd/c1-5-4-6(12)7(13)8(15-5)9(14)11-3-2-10;/h4,13H,2-3,10H2,1H3,(H,11,14);. The summed E-state index contributed by atoms with van der Waals surface area (Å²) in [5.41, 5.74) is 4.54. The number of nitrogens with two attached hydrogens (primary N) is 1. The Bertz CT molecular complexity index is 430. The van der Waals surface area contributed by atoms with E-state index in [1.54, 1.807) is 0 Å². The monoisotopic (exact) mass is 370 g/mol. The predicted octanol–water partition coefficient (Wildman–Crippen LogP) is -0.658. The number of aryl methyl sites for hydroxylation is 1. The van der Waals surface area contributed by atoms with Crippen molar-refractivity contribution in [2.45, 2.75) is 6.92 Å². The number of carbonyl (C=O) groups is 1. The van der Waals surface area contributed by atoms with Crippen LogP contribution in [-0.4, -0.2) is 24.1 Å². The molecule has 0 unspecified atom stereocenters. The van der Waals surface area contributed by atoms with E-state index >= 15 is 0 Å². The van der Waals surface area contributed by atoms with Crippen molar-refractivity contribution in [2.24, 2.45) is 5.73 Å². The molecule has 1 aromatic heterocycles. The van der Waals surface area contributed by atoms with E-state index in [2.05, 4.69) is 5.32 Å². The van der Waals surface area contributed by atoms with Crippen molar-refractivity contribution in [3.05, 3.63) is 27.8 Å². The van der Waals surface area contributed by atoms with E-state index in [1.165, 1.54) is 6.92 Å². The van der Waals surface area contributed by atoms with Crippen LogP contribution in [0, 0.1) is 46.9 Å². The average Bonchev–Trinajstić information content (AvgIpc) is 2.19. The second-order valence-electron chi connectivity index (χ2n) is 2.94. The van der Waals surface area contributed by atoms with Crippen LogP contribution in [-0.2, 0) is 0 Å². The van der Waals surface area contributed by atoms with Crippen molar-refractivity contribution in [1.29, 1.82) is 0 Å². The van der Waals surface area contributed by atoms with E-state index in [1.807, 2.05) is 0 Å². The maximum absolute atomic E-state index is 11.4. The van der Waals surface area contributed by atoms with Gasteiger partial charge in [0.2, 0.25) is 16.9 Å². The van der Waals surface area contributed by atoms with Crippen LogP contribution in [0.1, 0.15) is 16.3 Å². The average molecular weight is 369 g/mol. The first-order valence-electron chi connectivity index (χ1n) is 4.38. The molecule has 16 heavy (non-hydrogen) atoms. The summed E-state index contributed by atoms with van der Waals surface area (Å²) in [5, 5.41) is 11.7. The zero-order chi connectivity index (χ0) is 11.4. The number of aromatic hydroxyl groups is 1. The molecule has 1 heterocycles. The molecule has 0 aliphatic carbocycles. The van der Waals surface area contributed by atoms with Crippen LogP contribution >= 0.6 is 0 Å². The van der Waals surface area contributed by atoms with Gasteiger partial charge >= 0.3 is 0 Å². The SMILES string of the molecule is Cc1cc(=O)c(O)c(C(=O)NCCN)o1.[Gd]. The van der Waals surface area contributed by atoms with Crippen molar-refractivity contribution in [3.8, 4) is 5.75 Å². The van der Waals surface area contributed by atoms with Gasteiger partial charge in [-0.1, -0.05) is 0 Å². The summed E-state index contributed by atoms with van der Waals surface area (Å²) in [6.07, 6.45) is 0. The Kier molecular flexibility index (Phi) is 6.74. The van der Waals surface area contributed by atoms with Crippen molar-refractivity contribution in [1.82, 2.24) is 5.32 Å². The number of nitrogens with one attached hydrogen (secondary N) is 1. The van der Waals surface area contributed by atoms with Crippen molar-refractivity contribution < 1.29 is 54.3 Å². The third-order valence-corrected chi connectivity index (χ3v) is 1.68. The molecule has 0 spiro atoms. The van der Waals surface area contributed by atoms with Crippen LogP contribution in [0.3, 0.4) is 0 Å². The normalized spacial score (nSPS) is 9.38. The number of hydrogen-bond donors (Lipinski definition) is 3. The number of hydrogen-bond acceptors (Lipinski definition) is 5. The molecule has 1 rings (SSSR count). The minimum absolute atomic E-state index is 0. The molecular weight excluding hydrogens is 357 g/mol. The Morgan fingerprint density at radius 2 is 2.25 bits per heavy atom. The van der Waals surface area contributed by atoms with Crippen LogP contribution in [0.2, 0.25) is 0 Å². The number of amides is 1. The van der Waals surface area contributed by atoms with E-state index in [0.29, 0.717) is 0 Å². The third-order valence-electron chi connectivity index (χ3n) is 1.68. The molecule has 7 heteroatoms. The van der Waals surface area contributed by atoms with Gasteiger partial charge in [-0.25, -0.2) is 0 Å². The van der Waals surface area contributed by atoms with Gasteiger partial charge in [0.05, 0.1) is 0 Å². The number of carbonyl (C=O) groups excluding carboxylic acids is 1. The summed E-state index contributed by atoms with van der Waals surface area (Å²) in [4.78, 5) is 22.5. The van der Waals surface area contributed by atoms with Crippen LogP contribution in [0.5, 0.6) is 5.75 Å². The Balaban J connectivity index is 0.00000225. The van der Waals surface area contributed by atoms with Gasteiger partial charge in [0.25, 0.3) is 5.91 Å². The molecule has 0 aromatic carbocycles. The minimum Gasteiger partial charge on any atom is -0.501 e. The zero-order valence-corrected chi connectivity index (χ0v) is 10.9. The van der Waals surface area contributed by atoms with E-state index in [0.717, 1.165) is 6.07 Å².